The highest BCUT2D eigenvalue weighted by Crippen LogP contribution is 2.24. The smallest absolute Gasteiger partial charge is 0.152 e. The Morgan fingerprint density at radius 3 is 2.93 bits per heavy atom. The van der Waals surface area contributed by atoms with E-state index in [1.807, 2.05) is 0 Å². The standard InChI is InChI=1S/C10H16N4O/c11-4-1-10-13-9(7-12-14-10)8-2-5-15-6-3-8/h7-8H,1-6,11H2. The Hall–Kier alpha value is -1.07. The molecule has 2 N–H and O–H groups in total. The van der Waals surface area contributed by atoms with Crippen LogP contribution in [0.25, 0.3) is 0 Å². The summed E-state index contributed by atoms with van der Waals surface area (Å²) in [6.07, 6.45) is 4.52. The van der Waals surface area contributed by atoms with E-state index in [1.54, 1.807) is 6.20 Å². The third-order valence-electron chi connectivity index (χ3n) is 2.63. The molecule has 0 spiro atoms. The maximum Gasteiger partial charge on any atom is 0.152 e. The number of aromatic nitrogens is 3. The van der Waals surface area contributed by atoms with Gasteiger partial charge < -0.3 is 10.5 Å². The minimum Gasteiger partial charge on any atom is -0.381 e. The molecule has 1 aromatic heterocycles. The molecule has 0 amide bonds. The van der Waals surface area contributed by atoms with Crippen molar-refractivity contribution in [3.63, 3.8) is 0 Å². The van der Waals surface area contributed by atoms with Crippen LogP contribution in [0.5, 0.6) is 0 Å². The number of nitrogens with two attached hydrogens (primary N) is 1. The van der Waals surface area contributed by atoms with Crippen LogP contribution in [0.15, 0.2) is 6.20 Å². The van der Waals surface area contributed by atoms with Crippen molar-refractivity contribution in [1.82, 2.24) is 15.2 Å². The first-order chi connectivity index (χ1) is 7.40. The van der Waals surface area contributed by atoms with E-state index < -0.39 is 0 Å². The Balaban J connectivity index is 2.09. The Kier molecular flexibility index (Phi) is 3.58. The van der Waals surface area contributed by atoms with Crippen molar-refractivity contribution < 1.29 is 4.74 Å². The second-order valence-corrected chi connectivity index (χ2v) is 3.72. The molecule has 1 aromatic rings. The van der Waals surface area contributed by atoms with E-state index in [9.17, 15) is 0 Å². The molecule has 0 atom stereocenters. The zero-order chi connectivity index (χ0) is 10.5. The molecule has 5 nitrogen and oxygen atoms in total. The van der Waals surface area contributed by atoms with Crippen LogP contribution in [0, 0.1) is 0 Å². The zero-order valence-corrected chi connectivity index (χ0v) is 8.72. The van der Waals surface area contributed by atoms with E-state index in [2.05, 4.69) is 15.2 Å². The van der Waals surface area contributed by atoms with Crippen LogP contribution < -0.4 is 5.73 Å². The molecule has 2 rings (SSSR count). The fraction of sp³-hybridized carbons (Fsp3) is 0.700. The van der Waals surface area contributed by atoms with Crippen LogP contribution in [-0.4, -0.2) is 34.9 Å². The van der Waals surface area contributed by atoms with E-state index >= 15 is 0 Å². The fourth-order valence-corrected chi connectivity index (χ4v) is 1.78. The van der Waals surface area contributed by atoms with E-state index in [-0.39, 0.29) is 0 Å². The van der Waals surface area contributed by atoms with Crippen molar-refractivity contribution >= 4 is 0 Å². The second kappa shape index (κ2) is 5.14. The van der Waals surface area contributed by atoms with Gasteiger partial charge in [-0.25, -0.2) is 4.98 Å². The van der Waals surface area contributed by atoms with Gasteiger partial charge in [0.15, 0.2) is 5.82 Å². The van der Waals surface area contributed by atoms with Gasteiger partial charge >= 0.3 is 0 Å². The fourth-order valence-electron chi connectivity index (χ4n) is 1.78. The Bertz CT molecular complexity index is 312. The van der Waals surface area contributed by atoms with Crippen LogP contribution >= 0.6 is 0 Å². The SMILES string of the molecule is NCCc1nncc(C2CCOCC2)n1. The lowest BCUT2D eigenvalue weighted by molar-refractivity contribution is 0.0843. The van der Waals surface area contributed by atoms with Crippen LogP contribution in [0.1, 0.15) is 30.3 Å². The lowest BCUT2D eigenvalue weighted by Gasteiger charge is -2.21. The molecule has 1 aliphatic heterocycles. The van der Waals surface area contributed by atoms with Gasteiger partial charge in [-0.15, -0.1) is 5.10 Å². The first-order valence-electron chi connectivity index (χ1n) is 5.36. The molecule has 0 radical (unpaired) electrons. The maximum atomic E-state index is 5.46. The van der Waals surface area contributed by atoms with Gasteiger partial charge in [-0.1, -0.05) is 0 Å². The number of hydrogen-bond acceptors (Lipinski definition) is 5. The van der Waals surface area contributed by atoms with Gasteiger partial charge in [0.05, 0.1) is 11.9 Å². The van der Waals surface area contributed by atoms with E-state index in [0.29, 0.717) is 18.9 Å². The van der Waals surface area contributed by atoms with Crippen LogP contribution in [-0.2, 0) is 11.2 Å². The lowest BCUT2D eigenvalue weighted by Crippen LogP contribution is -2.17. The topological polar surface area (TPSA) is 73.9 Å². The lowest BCUT2D eigenvalue weighted by atomic mass is 9.97. The minimum absolute atomic E-state index is 0.478. The summed E-state index contributed by atoms with van der Waals surface area (Å²) >= 11 is 0. The molecular formula is C10H16N4O. The van der Waals surface area contributed by atoms with Crippen molar-refractivity contribution in [2.45, 2.75) is 25.2 Å². The predicted molar refractivity (Wildman–Crippen MR) is 55.4 cm³/mol. The van der Waals surface area contributed by atoms with E-state index in [0.717, 1.165) is 37.6 Å². The van der Waals surface area contributed by atoms with Crippen molar-refractivity contribution in [2.75, 3.05) is 19.8 Å². The van der Waals surface area contributed by atoms with Gasteiger partial charge in [0.1, 0.15) is 0 Å². The highest BCUT2D eigenvalue weighted by atomic mass is 16.5. The quantitative estimate of drug-likeness (QED) is 0.771. The Morgan fingerprint density at radius 1 is 1.40 bits per heavy atom. The molecule has 2 heterocycles. The summed E-state index contributed by atoms with van der Waals surface area (Å²) in [6, 6.07) is 0. The molecule has 0 aliphatic carbocycles. The summed E-state index contributed by atoms with van der Waals surface area (Å²) in [7, 11) is 0. The van der Waals surface area contributed by atoms with Crippen LogP contribution in [0.4, 0.5) is 0 Å². The Labute approximate surface area is 89.1 Å². The third kappa shape index (κ3) is 2.70. The Morgan fingerprint density at radius 2 is 2.20 bits per heavy atom. The molecule has 0 bridgehead atoms. The van der Waals surface area contributed by atoms with E-state index in [1.165, 1.54) is 0 Å². The minimum atomic E-state index is 0.478. The average Bonchev–Trinajstić information content (AvgIpc) is 2.31. The first kappa shape index (κ1) is 10.4. The van der Waals surface area contributed by atoms with Gasteiger partial charge in [-0.3, -0.25) is 0 Å². The van der Waals surface area contributed by atoms with Crippen LogP contribution in [0.3, 0.4) is 0 Å². The van der Waals surface area contributed by atoms with Crippen molar-refractivity contribution in [3.05, 3.63) is 17.7 Å². The van der Waals surface area contributed by atoms with Gasteiger partial charge in [0.25, 0.3) is 0 Å². The summed E-state index contributed by atoms with van der Waals surface area (Å²) in [5.41, 5.74) is 6.50. The largest absolute Gasteiger partial charge is 0.381 e. The zero-order valence-electron chi connectivity index (χ0n) is 8.72. The van der Waals surface area contributed by atoms with Crippen molar-refractivity contribution in [2.24, 2.45) is 5.73 Å². The van der Waals surface area contributed by atoms with Crippen molar-refractivity contribution in [1.29, 1.82) is 0 Å². The van der Waals surface area contributed by atoms with Gasteiger partial charge in [0.2, 0.25) is 0 Å². The molecule has 0 unspecified atom stereocenters. The summed E-state index contributed by atoms with van der Waals surface area (Å²) in [5.74, 6) is 1.23. The number of rotatable bonds is 3. The molecule has 0 aromatic carbocycles. The summed E-state index contributed by atoms with van der Waals surface area (Å²) < 4.78 is 5.32. The molecule has 0 saturated carbocycles. The van der Waals surface area contributed by atoms with Crippen molar-refractivity contribution in [3.8, 4) is 0 Å². The van der Waals surface area contributed by atoms with Gasteiger partial charge in [-0.2, -0.15) is 5.10 Å². The summed E-state index contributed by atoms with van der Waals surface area (Å²) in [4.78, 5) is 4.48. The molecule has 5 heteroatoms. The molecule has 15 heavy (non-hydrogen) atoms. The highest BCUT2D eigenvalue weighted by molar-refractivity contribution is 5.05. The second-order valence-electron chi connectivity index (χ2n) is 3.72. The van der Waals surface area contributed by atoms with E-state index in [4.69, 9.17) is 10.5 Å². The van der Waals surface area contributed by atoms with Gasteiger partial charge in [-0.05, 0) is 19.4 Å². The highest BCUT2D eigenvalue weighted by Gasteiger charge is 2.17. The number of nitrogens with zero attached hydrogens (tertiary/aromatic N) is 3. The number of ether oxygens (including phenoxy) is 1. The predicted octanol–water partition coefficient (Wildman–Crippen LogP) is 0.267. The maximum absolute atomic E-state index is 5.46. The molecular weight excluding hydrogens is 192 g/mol. The van der Waals surface area contributed by atoms with Gasteiger partial charge in [0, 0.05) is 25.6 Å². The normalized spacial score (nSPS) is 17.9. The first-order valence-corrected chi connectivity index (χ1v) is 5.36. The molecule has 1 saturated heterocycles. The third-order valence-corrected chi connectivity index (χ3v) is 2.63. The monoisotopic (exact) mass is 208 g/mol. The van der Waals surface area contributed by atoms with Crippen LogP contribution in [0.2, 0.25) is 0 Å². The molecule has 1 fully saturated rings. The summed E-state index contributed by atoms with van der Waals surface area (Å²) in [5, 5.41) is 7.92. The number of hydrogen-bond donors (Lipinski definition) is 1. The average molecular weight is 208 g/mol. The molecule has 82 valence electrons. The molecule has 1 aliphatic rings. The summed E-state index contributed by atoms with van der Waals surface area (Å²) in [6.45, 7) is 2.21.